The van der Waals surface area contributed by atoms with Crippen LogP contribution in [0.25, 0.3) is 0 Å². The Morgan fingerprint density at radius 1 is 1.15 bits per heavy atom. The standard InChI is InChI=1S/C18H19N3O5/c22-16-7-13(19-18(24)20-16)9-21-5-1-2-12(8-21)17(23)11-3-4-14-15(6-11)26-10-25-14/h3-4,6-7,12H,1-2,5,8-10H2,(H2,19,20,22,24)/t12-/m0/s1. The first-order chi connectivity index (χ1) is 12.6. The molecule has 2 aliphatic rings. The third-order valence-electron chi connectivity index (χ3n) is 4.74. The predicted molar refractivity (Wildman–Crippen MR) is 92.6 cm³/mol. The molecule has 1 saturated heterocycles. The molecule has 4 rings (SSSR count). The van der Waals surface area contributed by atoms with Gasteiger partial charge in [0.05, 0.1) is 0 Å². The summed E-state index contributed by atoms with van der Waals surface area (Å²) in [6.45, 7) is 2.02. The van der Waals surface area contributed by atoms with Gasteiger partial charge in [0.1, 0.15) is 0 Å². The number of nitrogens with one attached hydrogen (secondary N) is 2. The Bertz CT molecular complexity index is 920. The van der Waals surface area contributed by atoms with Crippen molar-refractivity contribution in [1.82, 2.24) is 14.9 Å². The highest BCUT2D eigenvalue weighted by atomic mass is 16.7. The zero-order valence-electron chi connectivity index (χ0n) is 14.1. The topological polar surface area (TPSA) is 104 Å². The number of H-pyrrole nitrogens is 2. The van der Waals surface area contributed by atoms with Crippen molar-refractivity contribution in [3.8, 4) is 11.5 Å². The molecule has 1 fully saturated rings. The molecule has 0 radical (unpaired) electrons. The van der Waals surface area contributed by atoms with Gasteiger partial charge >= 0.3 is 5.69 Å². The largest absolute Gasteiger partial charge is 0.454 e. The minimum absolute atomic E-state index is 0.0763. The Balaban J connectivity index is 1.47. The lowest BCUT2D eigenvalue weighted by Crippen LogP contribution is -2.39. The number of hydrogen-bond donors (Lipinski definition) is 2. The minimum atomic E-state index is -0.516. The number of hydrogen-bond acceptors (Lipinski definition) is 6. The van der Waals surface area contributed by atoms with Gasteiger partial charge in [-0.2, -0.15) is 0 Å². The lowest BCUT2D eigenvalue weighted by molar-refractivity contribution is 0.0809. The zero-order valence-corrected chi connectivity index (χ0v) is 14.1. The van der Waals surface area contributed by atoms with Crippen LogP contribution in [-0.2, 0) is 6.54 Å². The number of carbonyl (C=O) groups excluding carboxylic acids is 1. The van der Waals surface area contributed by atoms with Crippen molar-refractivity contribution < 1.29 is 14.3 Å². The predicted octanol–water partition coefficient (Wildman–Crippen LogP) is 0.887. The van der Waals surface area contributed by atoms with Crippen LogP contribution in [0.5, 0.6) is 11.5 Å². The molecule has 0 amide bonds. The molecule has 0 bridgehead atoms. The van der Waals surface area contributed by atoms with Crippen molar-refractivity contribution in [2.45, 2.75) is 19.4 Å². The molecule has 2 aliphatic heterocycles. The number of likely N-dealkylation sites (tertiary alicyclic amines) is 1. The highest BCUT2D eigenvalue weighted by molar-refractivity contribution is 5.98. The number of ether oxygens (including phenoxy) is 2. The lowest BCUT2D eigenvalue weighted by Gasteiger charge is -2.31. The van der Waals surface area contributed by atoms with E-state index in [1.807, 2.05) is 0 Å². The van der Waals surface area contributed by atoms with E-state index < -0.39 is 11.2 Å². The van der Waals surface area contributed by atoms with Crippen molar-refractivity contribution in [3.05, 3.63) is 56.4 Å². The van der Waals surface area contributed by atoms with Gasteiger partial charge in [0.2, 0.25) is 6.79 Å². The fraction of sp³-hybridized carbons (Fsp3) is 0.389. The molecular weight excluding hydrogens is 338 g/mol. The fourth-order valence-corrected chi connectivity index (χ4v) is 3.54. The molecule has 0 aliphatic carbocycles. The van der Waals surface area contributed by atoms with Crippen LogP contribution in [0.15, 0.2) is 33.9 Å². The molecule has 1 aromatic heterocycles. The van der Waals surface area contributed by atoms with Gasteiger partial charge in [-0.3, -0.25) is 19.5 Å². The van der Waals surface area contributed by atoms with Crippen LogP contribution in [-0.4, -0.2) is 40.5 Å². The summed E-state index contributed by atoms with van der Waals surface area (Å²) in [5, 5.41) is 0. The molecule has 8 nitrogen and oxygen atoms in total. The van der Waals surface area contributed by atoms with Gasteiger partial charge in [-0.05, 0) is 37.6 Å². The number of nitrogens with zero attached hydrogens (tertiary/aromatic N) is 1. The second-order valence-corrected chi connectivity index (χ2v) is 6.62. The molecule has 3 heterocycles. The number of carbonyl (C=O) groups is 1. The SMILES string of the molecule is O=C(c1ccc2c(c1)OCO2)[C@H]1CCCN(Cc2cc(=O)[nH]c(=O)[nH]2)C1. The van der Waals surface area contributed by atoms with E-state index in [0.717, 1.165) is 19.4 Å². The van der Waals surface area contributed by atoms with E-state index in [-0.39, 0.29) is 18.5 Å². The Morgan fingerprint density at radius 2 is 2.00 bits per heavy atom. The number of aromatic nitrogens is 2. The number of ketones is 1. The lowest BCUT2D eigenvalue weighted by atomic mass is 9.90. The second-order valence-electron chi connectivity index (χ2n) is 6.62. The molecule has 2 N–H and O–H groups in total. The molecule has 2 aromatic rings. The summed E-state index contributed by atoms with van der Waals surface area (Å²) in [6.07, 6.45) is 1.70. The Kier molecular flexibility index (Phi) is 4.34. The van der Waals surface area contributed by atoms with Crippen LogP contribution in [0.2, 0.25) is 0 Å². The molecule has 0 saturated carbocycles. The summed E-state index contributed by atoms with van der Waals surface area (Å²) in [7, 11) is 0. The smallest absolute Gasteiger partial charge is 0.325 e. The summed E-state index contributed by atoms with van der Waals surface area (Å²) in [5.74, 6) is 1.21. The van der Waals surface area contributed by atoms with Crippen molar-refractivity contribution in [1.29, 1.82) is 0 Å². The number of benzene rings is 1. The molecule has 136 valence electrons. The average Bonchev–Trinajstić information content (AvgIpc) is 3.08. The first kappa shape index (κ1) is 16.6. The fourth-order valence-electron chi connectivity index (χ4n) is 3.54. The number of rotatable bonds is 4. The van der Waals surface area contributed by atoms with Gasteiger partial charge in [-0.15, -0.1) is 0 Å². The maximum Gasteiger partial charge on any atom is 0.325 e. The zero-order chi connectivity index (χ0) is 18.1. The molecule has 8 heteroatoms. The van der Waals surface area contributed by atoms with Crippen LogP contribution < -0.4 is 20.7 Å². The summed E-state index contributed by atoms with van der Waals surface area (Å²) >= 11 is 0. The van der Waals surface area contributed by atoms with E-state index in [0.29, 0.717) is 35.8 Å². The van der Waals surface area contributed by atoms with Gasteiger partial charge in [0.25, 0.3) is 5.56 Å². The summed E-state index contributed by atoms with van der Waals surface area (Å²) < 4.78 is 10.6. The Hall–Kier alpha value is -2.87. The molecular formula is C18H19N3O5. The number of aromatic amines is 2. The molecule has 0 unspecified atom stereocenters. The van der Waals surface area contributed by atoms with Gasteiger partial charge < -0.3 is 14.5 Å². The first-order valence-electron chi connectivity index (χ1n) is 8.57. The maximum atomic E-state index is 12.9. The van der Waals surface area contributed by atoms with Crippen molar-refractivity contribution in [3.63, 3.8) is 0 Å². The first-order valence-corrected chi connectivity index (χ1v) is 8.57. The second kappa shape index (κ2) is 6.80. The highest BCUT2D eigenvalue weighted by Gasteiger charge is 2.28. The van der Waals surface area contributed by atoms with Crippen molar-refractivity contribution >= 4 is 5.78 Å². The number of piperidine rings is 1. The van der Waals surface area contributed by atoms with Gasteiger partial charge in [-0.25, -0.2) is 4.79 Å². The third-order valence-corrected chi connectivity index (χ3v) is 4.74. The number of Topliss-reactive ketones (excluding diaryl/α,β-unsaturated/α-hetero) is 1. The van der Waals surface area contributed by atoms with Crippen molar-refractivity contribution in [2.75, 3.05) is 19.9 Å². The summed E-state index contributed by atoms with van der Waals surface area (Å²) in [5.41, 5.74) is 0.229. The van der Waals surface area contributed by atoms with E-state index in [2.05, 4.69) is 14.9 Å². The quantitative estimate of drug-likeness (QED) is 0.788. The van der Waals surface area contributed by atoms with Crippen LogP contribution in [0.4, 0.5) is 0 Å². The molecule has 1 atom stereocenters. The molecule has 1 aromatic carbocycles. The van der Waals surface area contributed by atoms with Crippen LogP contribution in [0.1, 0.15) is 28.9 Å². The van der Waals surface area contributed by atoms with Gasteiger partial charge in [-0.1, -0.05) is 0 Å². The molecule has 0 spiro atoms. The van der Waals surface area contributed by atoms with Gasteiger partial charge in [0.15, 0.2) is 17.3 Å². The summed E-state index contributed by atoms with van der Waals surface area (Å²) in [4.78, 5) is 42.6. The third kappa shape index (κ3) is 3.41. The summed E-state index contributed by atoms with van der Waals surface area (Å²) in [6, 6.07) is 6.64. The minimum Gasteiger partial charge on any atom is -0.454 e. The number of fused-ring (bicyclic) bond motifs is 1. The Labute approximate surface area is 148 Å². The highest BCUT2D eigenvalue weighted by Crippen LogP contribution is 2.33. The average molecular weight is 357 g/mol. The molecule has 26 heavy (non-hydrogen) atoms. The van der Waals surface area contributed by atoms with Gasteiger partial charge in [0, 0.05) is 36.3 Å². The normalized spacial score (nSPS) is 19.5. The van der Waals surface area contributed by atoms with E-state index in [1.54, 1.807) is 18.2 Å². The monoisotopic (exact) mass is 357 g/mol. The van der Waals surface area contributed by atoms with Crippen LogP contribution in [0, 0.1) is 5.92 Å². The van der Waals surface area contributed by atoms with E-state index >= 15 is 0 Å². The maximum absolute atomic E-state index is 12.9. The van der Waals surface area contributed by atoms with E-state index in [4.69, 9.17) is 9.47 Å². The van der Waals surface area contributed by atoms with E-state index in [1.165, 1.54) is 6.07 Å². The van der Waals surface area contributed by atoms with Crippen LogP contribution in [0.3, 0.4) is 0 Å². The Morgan fingerprint density at radius 3 is 2.85 bits per heavy atom. The van der Waals surface area contributed by atoms with Crippen LogP contribution >= 0.6 is 0 Å². The van der Waals surface area contributed by atoms with Crippen molar-refractivity contribution in [2.24, 2.45) is 5.92 Å². The van der Waals surface area contributed by atoms with E-state index in [9.17, 15) is 14.4 Å².